The molecule has 0 amide bonds. The maximum Gasteiger partial charge on any atom is 0.0615 e. The lowest BCUT2D eigenvalue weighted by Gasteiger charge is -1.90. The largest absolute Gasteiger partial charge is 0.118 e. The van der Waals surface area contributed by atoms with Gasteiger partial charge in [0.2, 0.25) is 0 Å². The molecule has 0 saturated carbocycles. The predicted octanol–water partition coefficient (Wildman–Crippen LogP) is 2.56. The van der Waals surface area contributed by atoms with Gasteiger partial charge in [-0.1, -0.05) is 15.9 Å². The topological polar surface area (TPSA) is 0 Å². The lowest BCUT2D eigenvalue weighted by molar-refractivity contribution is 1.07. The molecule has 0 aromatic heterocycles. The molecule has 0 fully saturated rings. The number of hydrogen-bond acceptors (Lipinski definition) is 0. The monoisotopic (exact) mass is 169 g/mol. The molecule has 0 rings (SSSR count). The van der Waals surface area contributed by atoms with E-state index in [-0.39, 0.29) is 0 Å². The highest BCUT2D eigenvalue weighted by Gasteiger charge is 1.90. The van der Waals surface area contributed by atoms with Gasteiger partial charge in [-0.3, -0.25) is 0 Å². The minimum atomic E-state index is 0.965. The summed E-state index contributed by atoms with van der Waals surface area (Å²) in [5.74, 6) is 0. The molecule has 0 nitrogen and oxygen atoms in total. The van der Waals surface area contributed by atoms with Crippen molar-refractivity contribution in [3.63, 3.8) is 0 Å². The summed E-state index contributed by atoms with van der Waals surface area (Å²) in [7, 11) is 0. The quantitative estimate of drug-likeness (QED) is 0.559. The summed E-state index contributed by atoms with van der Waals surface area (Å²) in [6.07, 6.45) is 0.974. The highest BCUT2D eigenvalue weighted by molar-refractivity contribution is 9.09. The summed E-state index contributed by atoms with van der Waals surface area (Å²) in [6.45, 7) is 1.91. The summed E-state index contributed by atoms with van der Waals surface area (Å²) in [4.78, 5) is 0. The fourth-order valence-electron chi connectivity index (χ4n) is 0.130. The molecule has 0 aliphatic rings. The van der Waals surface area contributed by atoms with Crippen LogP contribution in [0.5, 0.6) is 0 Å². The van der Waals surface area contributed by atoms with Crippen LogP contribution in [0.3, 0.4) is 0 Å². The van der Waals surface area contributed by atoms with Crippen LogP contribution < -0.4 is 0 Å². The first kappa shape index (κ1) is 6.77. The third kappa shape index (κ3) is 4.77. The second kappa shape index (κ2) is 3.94. The number of alkyl halides is 1. The molecule has 0 bridgehead atoms. The van der Waals surface area contributed by atoms with Crippen molar-refractivity contribution in [2.75, 3.05) is 5.33 Å². The Morgan fingerprint density at radius 2 is 2.33 bits per heavy atom. The van der Waals surface area contributed by atoms with Gasteiger partial charge in [-0.25, -0.2) is 0 Å². The van der Waals surface area contributed by atoms with Crippen molar-refractivity contribution in [1.82, 2.24) is 0 Å². The zero-order valence-corrected chi connectivity index (χ0v) is 6.01. The fourth-order valence-corrected chi connectivity index (χ4v) is 1.05. The zero-order chi connectivity index (χ0) is 4.99. The summed E-state index contributed by atoms with van der Waals surface area (Å²) < 4.78 is 0. The maximum absolute atomic E-state index is 5.46. The van der Waals surface area contributed by atoms with Crippen molar-refractivity contribution in [1.29, 1.82) is 0 Å². The Hall–Kier alpha value is 0.770. The first-order chi connectivity index (χ1) is 2.77. The van der Waals surface area contributed by atoms with Crippen LogP contribution in [0.1, 0.15) is 13.3 Å². The van der Waals surface area contributed by atoms with E-state index in [1.807, 2.05) is 6.92 Å². The first-order valence-electron chi connectivity index (χ1n) is 1.81. The van der Waals surface area contributed by atoms with E-state index in [4.69, 9.17) is 11.6 Å². The van der Waals surface area contributed by atoms with E-state index < -0.39 is 0 Å². The average molecular weight is 170 g/mol. The van der Waals surface area contributed by atoms with E-state index in [0.29, 0.717) is 0 Å². The van der Waals surface area contributed by atoms with Gasteiger partial charge in [-0.05, 0) is 13.3 Å². The Morgan fingerprint density at radius 1 is 1.83 bits per heavy atom. The minimum Gasteiger partial charge on any atom is -0.118 e. The second-order valence-corrected chi connectivity index (χ2v) is 2.55. The van der Waals surface area contributed by atoms with Gasteiger partial charge >= 0.3 is 0 Å². The maximum atomic E-state index is 5.46. The van der Waals surface area contributed by atoms with Crippen LogP contribution in [0.4, 0.5) is 0 Å². The summed E-state index contributed by atoms with van der Waals surface area (Å²) in [5.41, 5.74) is 0. The van der Waals surface area contributed by atoms with Gasteiger partial charge in [-0.2, -0.15) is 0 Å². The third-order valence-corrected chi connectivity index (χ3v) is 1.02. The van der Waals surface area contributed by atoms with Gasteiger partial charge in [0.1, 0.15) is 0 Å². The Labute approximate surface area is 52.0 Å². The van der Waals surface area contributed by atoms with Crippen LogP contribution in [0, 0.1) is 5.38 Å². The molecule has 37 valence electrons. The van der Waals surface area contributed by atoms with E-state index in [1.165, 1.54) is 0 Å². The first-order valence-corrected chi connectivity index (χ1v) is 3.31. The second-order valence-electron chi connectivity index (χ2n) is 1.12. The molecule has 0 unspecified atom stereocenters. The smallest absolute Gasteiger partial charge is 0.0615 e. The van der Waals surface area contributed by atoms with Crippen molar-refractivity contribution in [3.8, 4) is 0 Å². The minimum absolute atomic E-state index is 0.965. The van der Waals surface area contributed by atoms with Gasteiger partial charge < -0.3 is 0 Å². The fraction of sp³-hybridized carbons (Fsp3) is 0.750. The zero-order valence-electron chi connectivity index (χ0n) is 3.67. The van der Waals surface area contributed by atoms with Gasteiger partial charge in [0, 0.05) is 5.33 Å². The van der Waals surface area contributed by atoms with Gasteiger partial charge in [0.05, 0.1) is 5.38 Å². The number of halogens is 2. The molecular formula is C4H7BrCl. The Bertz CT molecular complexity index is 28.7. The molecule has 6 heavy (non-hydrogen) atoms. The Balaban J connectivity index is 2.63. The molecule has 1 radical (unpaired) electrons. The molecule has 0 N–H and O–H groups in total. The molecular weight excluding hydrogens is 163 g/mol. The van der Waals surface area contributed by atoms with Crippen LogP contribution in [0.25, 0.3) is 0 Å². The van der Waals surface area contributed by atoms with Crippen molar-refractivity contribution in [2.45, 2.75) is 13.3 Å². The molecule has 0 atom stereocenters. The SMILES string of the molecule is C[C](Cl)CCBr. The van der Waals surface area contributed by atoms with Crippen LogP contribution in [-0.2, 0) is 0 Å². The third-order valence-electron chi connectivity index (χ3n) is 0.439. The lowest BCUT2D eigenvalue weighted by Crippen LogP contribution is -1.77. The van der Waals surface area contributed by atoms with Crippen molar-refractivity contribution in [2.24, 2.45) is 0 Å². The van der Waals surface area contributed by atoms with E-state index in [0.717, 1.165) is 17.1 Å². The lowest BCUT2D eigenvalue weighted by atomic mass is 10.4. The standard InChI is InChI=1S/C4H7BrCl/c1-4(6)2-3-5/h2-3H2,1H3. The normalized spacial score (nSPS) is 10.0. The van der Waals surface area contributed by atoms with E-state index in [2.05, 4.69) is 15.9 Å². The van der Waals surface area contributed by atoms with Gasteiger partial charge in [0.15, 0.2) is 0 Å². The number of rotatable bonds is 2. The summed E-state index contributed by atoms with van der Waals surface area (Å²) in [5, 5.41) is 1.94. The highest BCUT2D eigenvalue weighted by Crippen LogP contribution is 2.09. The van der Waals surface area contributed by atoms with Crippen LogP contribution in [0.15, 0.2) is 0 Å². The molecule has 0 spiro atoms. The van der Waals surface area contributed by atoms with Gasteiger partial charge in [0.25, 0.3) is 0 Å². The van der Waals surface area contributed by atoms with Crippen molar-refractivity contribution >= 4 is 27.5 Å². The molecule has 0 aliphatic heterocycles. The van der Waals surface area contributed by atoms with Crippen LogP contribution >= 0.6 is 27.5 Å². The highest BCUT2D eigenvalue weighted by atomic mass is 79.9. The molecule has 0 aromatic rings. The Kier molecular flexibility index (Phi) is 4.45. The molecule has 0 saturated heterocycles. The van der Waals surface area contributed by atoms with Crippen molar-refractivity contribution in [3.05, 3.63) is 5.38 Å². The summed E-state index contributed by atoms with van der Waals surface area (Å²) in [6, 6.07) is 0. The van der Waals surface area contributed by atoms with E-state index in [9.17, 15) is 0 Å². The number of hydrogen-bond donors (Lipinski definition) is 0. The van der Waals surface area contributed by atoms with Crippen molar-refractivity contribution < 1.29 is 0 Å². The average Bonchev–Trinajstić information content (AvgIpc) is 1.35. The van der Waals surface area contributed by atoms with E-state index >= 15 is 0 Å². The molecule has 0 aliphatic carbocycles. The molecule has 2 heteroatoms. The van der Waals surface area contributed by atoms with Crippen LogP contribution in [0.2, 0.25) is 0 Å². The van der Waals surface area contributed by atoms with Gasteiger partial charge in [-0.15, -0.1) is 11.6 Å². The summed E-state index contributed by atoms with van der Waals surface area (Å²) >= 11 is 8.71. The molecule has 0 heterocycles. The van der Waals surface area contributed by atoms with Crippen LogP contribution in [-0.4, -0.2) is 5.33 Å². The Morgan fingerprint density at radius 3 is 2.33 bits per heavy atom. The van der Waals surface area contributed by atoms with E-state index in [1.54, 1.807) is 0 Å². The predicted molar refractivity (Wildman–Crippen MR) is 33.2 cm³/mol. The molecule has 0 aromatic carbocycles.